The lowest BCUT2D eigenvalue weighted by atomic mass is 10.2. The van der Waals surface area contributed by atoms with Gasteiger partial charge in [0, 0.05) is 6.54 Å². The summed E-state index contributed by atoms with van der Waals surface area (Å²) in [6.07, 6.45) is 0. The molecule has 0 saturated carbocycles. The molecule has 192 valence electrons. The standard InChI is InChI=1S/C28H25N5O5/c1-35-20-9-8-17(12-22(20)36-2)14-33-26(29)24(25-27(33)32-19-6-4-3-5-18(19)31-25)28(34)30-13-16-7-10-21-23(11-16)38-15-37-21/h3-12H,13-15,29H2,1-2H3,(H,30,34). The molecular weight excluding hydrogens is 486 g/mol. The summed E-state index contributed by atoms with van der Waals surface area (Å²) in [7, 11) is 3.17. The largest absolute Gasteiger partial charge is 0.493 e. The maximum absolute atomic E-state index is 13.5. The lowest BCUT2D eigenvalue weighted by Gasteiger charge is -2.12. The third-order valence-corrected chi connectivity index (χ3v) is 6.50. The number of nitrogens with one attached hydrogen (secondary N) is 1. The molecule has 0 saturated heterocycles. The minimum Gasteiger partial charge on any atom is -0.493 e. The number of aromatic nitrogens is 3. The molecule has 38 heavy (non-hydrogen) atoms. The number of hydrogen-bond acceptors (Lipinski definition) is 8. The molecule has 0 radical (unpaired) electrons. The molecule has 1 amide bonds. The summed E-state index contributed by atoms with van der Waals surface area (Å²) in [5.74, 6) is 2.48. The first kappa shape index (κ1) is 23.4. The molecule has 0 aliphatic carbocycles. The van der Waals surface area contributed by atoms with E-state index in [0.717, 1.165) is 11.1 Å². The van der Waals surface area contributed by atoms with Gasteiger partial charge in [0.1, 0.15) is 16.9 Å². The predicted molar refractivity (Wildman–Crippen MR) is 142 cm³/mol. The molecule has 6 rings (SSSR count). The third-order valence-electron chi connectivity index (χ3n) is 6.50. The molecular formula is C28H25N5O5. The Labute approximate surface area is 217 Å². The van der Waals surface area contributed by atoms with Crippen LogP contribution in [0.4, 0.5) is 5.82 Å². The Morgan fingerprint density at radius 3 is 2.47 bits per heavy atom. The first-order chi connectivity index (χ1) is 18.6. The molecule has 0 unspecified atom stereocenters. The van der Waals surface area contributed by atoms with Gasteiger partial charge in [-0.15, -0.1) is 0 Å². The van der Waals surface area contributed by atoms with Gasteiger partial charge in [-0.25, -0.2) is 9.97 Å². The SMILES string of the molecule is COc1ccc(Cn2c(N)c(C(=O)NCc3ccc4c(c3)OCO4)c3nc4ccccc4nc32)cc1OC. The highest BCUT2D eigenvalue weighted by molar-refractivity contribution is 6.10. The van der Waals surface area contributed by atoms with Crippen molar-refractivity contribution < 1.29 is 23.7 Å². The maximum Gasteiger partial charge on any atom is 0.257 e. The van der Waals surface area contributed by atoms with Crippen LogP contribution < -0.4 is 30.0 Å². The van der Waals surface area contributed by atoms with Crippen LogP contribution >= 0.6 is 0 Å². The average Bonchev–Trinajstić information content (AvgIpc) is 3.52. The van der Waals surface area contributed by atoms with Crippen molar-refractivity contribution in [2.24, 2.45) is 0 Å². The molecule has 0 atom stereocenters. The Morgan fingerprint density at radius 2 is 1.68 bits per heavy atom. The molecule has 0 spiro atoms. The summed E-state index contributed by atoms with van der Waals surface area (Å²) in [6.45, 7) is 0.817. The van der Waals surface area contributed by atoms with Crippen molar-refractivity contribution in [1.29, 1.82) is 0 Å². The number of fused-ring (bicyclic) bond motifs is 3. The van der Waals surface area contributed by atoms with Crippen LogP contribution in [0.15, 0.2) is 60.7 Å². The van der Waals surface area contributed by atoms with Crippen molar-refractivity contribution in [3.8, 4) is 23.0 Å². The molecule has 3 N–H and O–H groups in total. The molecule has 5 aromatic rings. The Morgan fingerprint density at radius 1 is 0.947 bits per heavy atom. The van der Waals surface area contributed by atoms with Crippen LogP contribution in [0.2, 0.25) is 0 Å². The first-order valence-electron chi connectivity index (χ1n) is 12.0. The van der Waals surface area contributed by atoms with Crippen LogP contribution in [0.3, 0.4) is 0 Å². The van der Waals surface area contributed by atoms with E-state index < -0.39 is 0 Å². The second kappa shape index (κ2) is 9.47. The van der Waals surface area contributed by atoms with Crippen LogP contribution in [0.1, 0.15) is 21.5 Å². The van der Waals surface area contributed by atoms with E-state index in [2.05, 4.69) is 5.32 Å². The quantitative estimate of drug-likeness (QED) is 0.337. The van der Waals surface area contributed by atoms with Crippen LogP contribution in [0, 0.1) is 0 Å². The van der Waals surface area contributed by atoms with E-state index in [1.165, 1.54) is 0 Å². The summed E-state index contributed by atoms with van der Waals surface area (Å²) in [5.41, 5.74) is 11.0. The molecule has 0 bridgehead atoms. The van der Waals surface area contributed by atoms with Gasteiger partial charge in [-0.05, 0) is 47.5 Å². The van der Waals surface area contributed by atoms with Crippen LogP contribution in [0.25, 0.3) is 22.2 Å². The monoisotopic (exact) mass is 511 g/mol. The number of rotatable bonds is 7. The van der Waals surface area contributed by atoms with Crippen molar-refractivity contribution in [1.82, 2.24) is 19.9 Å². The van der Waals surface area contributed by atoms with Crippen molar-refractivity contribution in [2.75, 3.05) is 26.7 Å². The number of nitrogens with zero attached hydrogens (tertiary/aromatic N) is 3. The third kappa shape index (κ3) is 4.05. The second-order valence-electron chi connectivity index (χ2n) is 8.79. The maximum atomic E-state index is 13.5. The highest BCUT2D eigenvalue weighted by Crippen LogP contribution is 2.33. The van der Waals surface area contributed by atoms with E-state index in [-0.39, 0.29) is 30.6 Å². The smallest absolute Gasteiger partial charge is 0.257 e. The Balaban J connectivity index is 1.39. The molecule has 0 fully saturated rings. The summed E-state index contributed by atoms with van der Waals surface area (Å²) in [4.78, 5) is 23.1. The average molecular weight is 512 g/mol. The van der Waals surface area contributed by atoms with E-state index in [1.54, 1.807) is 18.8 Å². The van der Waals surface area contributed by atoms with Crippen molar-refractivity contribution in [3.05, 3.63) is 77.4 Å². The summed E-state index contributed by atoms with van der Waals surface area (Å²) < 4.78 is 23.4. The number of anilines is 1. The van der Waals surface area contributed by atoms with Gasteiger partial charge in [0.25, 0.3) is 5.91 Å². The number of hydrogen-bond donors (Lipinski definition) is 2. The fraction of sp³-hybridized carbons (Fsp3) is 0.179. The summed E-state index contributed by atoms with van der Waals surface area (Å²) in [5, 5.41) is 2.97. The fourth-order valence-corrected chi connectivity index (χ4v) is 4.58. The lowest BCUT2D eigenvalue weighted by Crippen LogP contribution is -2.24. The molecule has 1 aliphatic heterocycles. The predicted octanol–water partition coefficient (Wildman–Crippen LogP) is 3.89. The zero-order valence-corrected chi connectivity index (χ0v) is 20.9. The molecule has 2 aromatic heterocycles. The molecule has 10 heteroatoms. The zero-order chi connectivity index (χ0) is 26.2. The number of benzene rings is 3. The topological polar surface area (TPSA) is 123 Å². The Kier molecular flexibility index (Phi) is 5.83. The number of ether oxygens (including phenoxy) is 4. The van der Waals surface area contributed by atoms with Crippen molar-refractivity contribution >= 4 is 33.9 Å². The fourth-order valence-electron chi connectivity index (χ4n) is 4.58. The van der Waals surface area contributed by atoms with Gasteiger partial charge in [0.05, 0.1) is 31.8 Å². The van der Waals surface area contributed by atoms with Crippen LogP contribution in [-0.4, -0.2) is 41.5 Å². The number of para-hydroxylation sites is 2. The Bertz CT molecular complexity index is 1700. The molecule has 3 heterocycles. The zero-order valence-electron chi connectivity index (χ0n) is 20.9. The number of carbonyl (C=O) groups is 1. The van der Waals surface area contributed by atoms with Gasteiger partial charge >= 0.3 is 0 Å². The van der Waals surface area contributed by atoms with Gasteiger partial charge in [-0.3, -0.25) is 4.79 Å². The normalized spacial score (nSPS) is 12.2. The van der Waals surface area contributed by atoms with Gasteiger partial charge in [-0.1, -0.05) is 24.3 Å². The minimum atomic E-state index is -0.346. The number of carbonyl (C=O) groups excluding carboxylic acids is 1. The minimum absolute atomic E-state index is 0.188. The highest BCUT2D eigenvalue weighted by atomic mass is 16.7. The highest BCUT2D eigenvalue weighted by Gasteiger charge is 2.24. The second-order valence-corrected chi connectivity index (χ2v) is 8.79. The number of methoxy groups -OCH3 is 2. The van der Waals surface area contributed by atoms with Crippen LogP contribution in [-0.2, 0) is 13.1 Å². The van der Waals surface area contributed by atoms with E-state index in [1.807, 2.05) is 60.7 Å². The molecule has 3 aromatic carbocycles. The van der Waals surface area contributed by atoms with Crippen molar-refractivity contribution in [2.45, 2.75) is 13.1 Å². The first-order valence-corrected chi connectivity index (χ1v) is 12.0. The van der Waals surface area contributed by atoms with Crippen molar-refractivity contribution in [3.63, 3.8) is 0 Å². The summed E-state index contributed by atoms with van der Waals surface area (Å²) in [6, 6.07) is 18.7. The van der Waals surface area contributed by atoms with Gasteiger partial charge in [-0.2, -0.15) is 0 Å². The van der Waals surface area contributed by atoms with Gasteiger partial charge < -0.3 is 34.6 Å². The Hall–Kier alpha value is -4.99. The summed E-state index contributed by atoms with van der Waals surface area (Å²) >= 11 is 0. The van der Waals surface area contributed by atoms with Gasteiger partial charge in [0.15, 0.2) is 28.6 Å². The number of nitrogen functional groups attached to an aromatic ring is 1. The van der Waals surface area contributed by atoms with E-state index in [9.17, 15) is 4.79 Å². The number of amides is 1. The molecule has 1 aliphatic rings. The van der Waals surface area contributed by atoms with E-state index >= 15 is 0 Å². The van der Waals surface area contributed by atoms with E-state index in [0.29, 0.717) is 51.7 Å². The van der Waals surface area contributed by atoms with E-state index in [4.69, 9.17) is 34.6 Å². The lowest BCUT2D eigenvalue weighted by molar-refractivity contribution is 0.0953. The van der Waals surface area contributed by atoms with Gasteiger partial charge in [0.2, 0.25) is 6.79 Å². The number of nitrogens with two attached hydrogens (primary N) is 1. The molecule has 10 nitrogen and oxygen atoms in total. The van der Waals surface area contributed by atoms with Crippen LogP contribution in [0.5, 0.6) is 23.0 Å².